The second-order valence-electron chi connectivity index (χ2n) is 7.07. The summed E-state index contributed by atoms with van der Waals surface area (Å²) in [6.45, 7) is 3.23. The van der Waals surface area contributed by atoms with E-state index in [2.05, 4.69) is 17.4 Å². The third-order valence-corrected chi connectivity index (χ3v) is 5.18. The molecular formula is C22H29ClN2O3. The van der Waals surface area contributed by atoms with Crippen LogP contribution in [0.3, 0.4) is 0 Å². The number of carbonyl (C=O) groups excluding carboxylic acids is 1. The summed E-state index contributed by atoms with van der Waals surface area (Å²) in [5.74, 6) is 0.0311. The number of halogens is 1. The summed E-state index contributed by atoms with van der Waals surface area (Å²) in [4.78, 5) is 12.6. The number of amides is 1. The second-order valence-corrected chi connectivity index (χ2v) is 7.07. The fourth-order valence-corrected chi connectivity index (χ4v) is 3.27. The molecule has 1 heterocycles. The van der Waals surface area contributed by atoms with E-state index in [1.165, 1.54) is 5.56 Å². The number of nitrogens with one attached hydrogen (secondary N) is 1. The molecule has 0 bridgehead atoms. The standard InChI is InChI=1S/C22H28N2O3.ClH/c23-17-22(10-12-26-13-11-22)21(25)24-14-18-6-8-20(9-7-18)16-27-15-19-4-2-1-3-5-19;/h1-9H,10-17,23H2,(H,24,25);1H. The molecule has 28 heavy (non-hydrogen) atoms. The summed E-state index contributed by atoms with van der Waals surface area (Å²) in [6, 6.07) is 18.3. The lowest BCUT2D eigenvalue weighted by Gasteiger charge is -2.34. The molecule has 1 aliphatic rings. The summed E-state index contributed by atoms with van der Waals surface area (Å²) in [7, 11) is 0. The molecule has 3 rings (SSSR count). The second kappa shape index (κ2) is 11.2. The summed E-state index contributed by atoms with van der Waals surface area (Å²) in [5.41, 5.74) is 8.75. The molecule has 2 aromatic rings. The Hall–Kier alpha value is -1.92. The smallest absolute Gasteiger partial charge is 0.227 e. The van der Waals surface area contributed by atoms with Gasteiger partial charge in [0.25, 0.3) is 0 Å². The molecule has 3 N–H and O–H groups in total. The normalized spacial score (nSPS) is 15.5. The molecule has 1 saturated heterocycles. The van der Waals surface area contributed by atoms with E-state index < -0.39 is 5.41 Å². The van der Waals surface area contributed by atoms with Crippen LogP contribution in [0, 0.1) is 5.41 Å². The zero-order valence-electron chi connectivity index (χ0n) is 16.1. The van der Waals surface area contributed by atoms with E-state index in [1.807, 2.05) is 42.5 Å². The summed E-state index contributed by atoms with van der Waals surface area (Å²) in [5, 5.41) is 3.04. The van der Waals surface area contributed by atoms with E-state index in [-0.39, 0.29) is 18.3 Å². The fraction of sp³-hybridized carbons (Fsp3) is 0.409. The minimum Gasteiger partial charge on any atom is -0.381 e. The lowest BCUT2D eigenvalue weighted by Crippen LogP contribution is -2.48. The molecule has 0 saturated carbocycles. The van der Waals surface area contributed by atoms with Crippen LogP contribution in [-0.2, 0) is 34.0 Å². The number of rotatable bonds is 8. The Morgan fingerprint density at radius 3 is 2.14 bits per heavy atom. The molecule has 6 heteroatoms. The van der Waals surface area contributed by atoms with Gasteiger partial charge in [0.2, 0.25) is 5.91 Å². The molecular weight excluding hydrogens is 376 g/mol. The maximum atomic E-state index is 12.6. The molecule has 5 nitrogen and oxygen atoms in total. The van der Waals surface area contributed by atoms with Crippen molar-refractivity contribution >= 4 is 18.3 Å². The molecule has 1 amide bonds. The molecule has 1 aliphatic heterocycles. The first-order chi connectivity index (χ1) is 13.2. The topological polar surface area (TPSA) is 73.6 Å². The molecule has 0 atom stereocenters. The minimum atomic E-state index is -0.483. The van der Waals surface area contributed by atoms with Gasteiger partial charge in [-0.2, -0.15) is 0 Å². The van der Waals surface area contributed by atoms with Crippen LogP contribution in [0.25, 0.3) is 0 Å². The van der Waals surface area contributed by atoms with Crippen molar-refractivity contribution in [3.8, 4) is 0 Å². The summed E-state index contributed by atoms with van der Waals surface area (Å²) >= 11 is 0. The maximum absolute atomic E-state index is 12.6. The zero-order chi connectivity index (χ0) is 19.0. The minimum absolute atomic E-state index is 0. The van der Waals surface area contributed by atoms with Crippen molar-refractivity contribution in [2.75, 3.05) is 19.8 Å². The van der Waals surface area contributed by atoms with Crippen molar-refractivity contribution in [2.24, 2.45) is 11.1 Å². The first kappa shape index (κ1) is 22.4. The average Bonchev–Trinajstić information content (AvgIpc) is 2.74. The number of hydrogen-bond donors (Lipinski definition) is 2. The van der Waals surface area contributed by atoms with Gasteiger partial charge in [0.1, 0.15) is 0 Å². The van der Waals surface area contributed by atoms with Crippen LogP contribution in [0.1, 0.15) is 29.5 Å². The number of hydrogen-bond acceptors (Lipinski definition) is 4. The van der Waals surface area contributed by atoms with Gasteiger partial charge in [-0.05, 0) is 29.5 Å². The van der Waals surface area contributed by atoms with E-state index in [0.29, 0.717) is 52.4 Å². The molecule has 0 radical (unpaired) electrons. The lowest BCUT2D eigenvalue weighted by molar-refractivity contribution is -0.136. The van der Waals surface area contributed by atoms with Crippen molar-refractivity contribution in [1.82, 2.24) is 5.32 Å². The van der Waals surface area contributed by atoms with Crippen molar-refractivity contribution in [2.45, 2.75) is 32.6 Å². The summed E-state index contributed by atoms with van der Waals surface area (Å²) < 4.78 is 11.1. The molecule has 0 unspecified atom stereocenters. The lowest BCUT2D eigenvalue weighted by atomic mass is 9.79. The zero-order valence-corrected chi connectivity index (χ0v) is 16.9. The summed E-state index contributed by atoms with van der Waals surface area (Å²) in [6.07, 6.45) is 1.38. The Morgan fingerprint density at radius 2 is 1.54 bits per heavy atom. The molecule has 0 spiro atoms. The molecule has 0 aliphatic carbocycles. The number of carbonyl (C=O) groups is 1. The van der Waals surface area contributed by atoms with Gasteiger partial charge in [0.15, 0.2) is 0 Å². The van der Waals surface area contributed by atoms with Gasteiger partial charge >= 0.3 is 0 Å². The first-order valence-electron chi connectivity index (χ1n) is 9.47. The third-order valence-electron chi connectivity index (χ3n) is 5.18. The maximum Gasteiger partial charge on any atom is 0.227 e. The van der Waals surface area contributed by atoms with Crippen LogP contribution in [-0.4, -0.2) is 25.7 Å². The number of nitrogens with two attached hydrogens (primary N) is 1. The Labute approximate surface area is 173 Å². The van der Waals surface area contributed by atoms with Crippen molar-refractivity contribution < 1.29 is 14.3 Å². The van der Waals surface area contributed by atoms with Crippen LogP contribution < -0.4 is 11.1 Å². The quantitative estimate of drug-likeness (QED) is 0.708. The van der Waals surface area contributed by atoms with E-state index in [0.717, 1.165) is 11.1 Å². The fourth-order valence-electron chi connectivity index (χ4n) is 3.27. The molecule has 0 aromatic heterocycles. The highest BCUT2D eigenvalue weighted by Gasteiger charge is 2.38. The SMILES string of the molecule is Cl.NCC1(C(=O)NCc2ccc(COCc3ccccc3)cc2)CCOCC1. The van der Waals surface area contributed by atoms with E-state index in [4.69, 9.17) is 15.2 Å². The van der Waals surface area contributed by atoms with Crippen LogP contribution >= 0.6 is 12.4 Å². The van der Waals surface area contributed by atoms with Crippen molar-refractivity contribution in [3.05, 3.63) is 71.3 Å². The monoisotopic (exact) mass is 404 g/mol. The Balaban J connectivity index is 0.00000280. The predicted octanol–water partition coefficient (Wildman–Crippen LogP) is 3.20. The van der Waals surface area contributed by atoms with Crippen molar-refractivity contribution in [3.63, 3.8) is 0 Å². The largest absolute Gasteiger partial charge is 0.381 e. The van der Waals surface area contributed by atoms with E-state index >= 15 is 0 Å². The van der Waals surface area contributed by atoms with Crippen LogP contribution in [0.4, 0.5) is 0 Å². The molecule has 1 fully saturated rings. The van der Waals surface area contributed by atoms with Crippen LogP contribution in [0.5, 0.6) is 0 Å². The number of benzene rings is 2. The molecule has 152 valence electrons. The predicted molar refractivity (Wildman–Crippen MR) is 112 cm³/mol. The van der Waals surface area contributed by atoms with Gasteiger partial charge in [-0.3, -0.25) is 4.79 Å². The van der Waals surface area contributed by atoms with Gasteiger partial charge in [0, 0.05) is 26.3 Å². The average molecular weight is 405 g/mol. The van der Waals surface area contributed by atoms with Crippen LogP contribution in [0.15, 0.2) is 54.6 Å². The van der Waals surface area contributed by atoms with Gasteiger partial charge < -0.3 is 20.5 Å². The number of ether oxygens (including phenoxy) is 2. The van der Waals surface area contributed by atoms with Gasteiger partial charge in [-0.1, -0.05) is 54.6 Å². The van der Waals surface area contributed by atoms with E-state index in [9.17, 15) is 4.79 Å². The Morgan fingerprint density at radius 1 is 0.964 bits per heavy atom. The van der Waals surface area contributed by atoms with Crippen molar-refractivity contribution in [1.29, 1.82) is 0 Å². The Bertz CT molecular complexity index is 716. The van der Waals surface area contributed by atoms with E-state index in [1.54, 1.807) is 0 Å². The van der Waals surface area contributed by atoms with Gasteiger partial charge in [-0.15, -0.1) is 12.4 Å². The van der Waals surface area contributed by atoms with Gasteiger partial charge in [-0.25, -0.2) is 0 Å². The third kappa shape index (κ3) is 6.04. The highest BCUT2D eigenvalue weighted by atomic mass is 35.5. The molecule has 2 aromatic carbocycles. The first-order valence-corrected chi connectivity index (χ1v) is 9.47. The highest BCUT2D eigenvalue weighted by molar-refractivity contribution is 5.85. The highest BCUT2D eigenvalue weighted by Crippen LogP contribution is 2.29. The Kier molecular flexibility index (Phi) is 8.93. The van der Waals surface area contributed by atoms with Crippen LogP contribution in [0.2, 0.25) is 0 Å². The van der Waals surface area contributed by atoms with Gasteiger partial charge in [0.05, 0.1) is 18.6 Å².